The Morgan fingerprint density at radius 3 is 2.82 bits per heavy atom. The summed E-state index contributed by atoms with van der Waals surface area (Å²) in [7, 11) is 0. The quantitative estimate of drug-likeness (QED) is 0.779. The van der Waals surface area contributed by atoms with Crippen LogP contribution < -0.4 is 0 Å². The van der Waals surface area contributed by atoms with E-state index < -0.39 is 0 Å². The topological polar surface area (TPSA) is 17.8 Å². The summed E-state index contributed by atoms with van der Waals surface area (Å²) in [4.78, 5) is 4.68. The van der Waals surface area contributed by atoms with Crippen molar-refractivity contribution in [2.75, 3.05) is 0 Å². The molecule has 0 spiro atoms. The molecule has 0 aliphatic carbocycles. The van der Waals surface area contributed by atoms with Gasteiger partial charge in [0, 0.05) is 12.1 Å². The standard InChI is InChI=1S/C14H15BrN2/c1-10-7-8-17-12(9-10)13(15)16-14(17)11-5-3-2-4-6-11/h2-6,10H,7-9H2,1H3. The number of imidazole rings is 1. The van der Waals surface area contributed by atoms with Crippen molar-refractivity contribution in [1.82, 2.24) is 9.55 Å². The summed E-state index contributed by atoms with van der Waals surface area (Å²) in [5, 5.41) is 0. The van der Waals surface area contributed by atoms with E-state index in [0.29, 0.717) is 0 Å². The number of fused-ring (bicyclic) bond motifs is 1. The van der Waals surface area contributed by atoms with Crippen molar-refractivity contribution >= 4 is 15.9 Å². The lowest BCUT2D eigenvalue weighted by Gasteiger charge is -2.22. The predicted molar refractivity (Wildman–Crippen MR) is 72.8 cm³/mol. The zero-order valence-electron chi connectivity index (χ0n) is 9.86. The van der Waals surface area contributed by atoms with E-state index in [4.69, 9.17) is 0 Å². The first kappa shape index (κ1) is 11.0. The number of benzene rings is 1. The van der Waals surface area contributed by atoms with Gasteiger partial charge in [-0.05, 0) is 34.7 Å². The van der Waals surface area contributed by atoms with Crippen molar-refractivity contribution < 1.29 is 0 Å². The van der Waals surface area contributed by atoms with Crippen LogP contribution in [0.1, 0.15) is 19.0 Å². The first-order chi connectivity index (χ1) is 8.25. The molecule has 3 rings (SSSR count). The van der Waals surface area contributed by atoms with E-state index in [1.54, 1.807) is 0 Å². The van der Waals surface area contributed by atoms with Crippen LogP contribution in [0, 0.1) is 5.92 Å². The number of halogens is 1. The SMILES string of the molecule is CC1CCn2c(-c3ccccc3)nc(Br)c2C1. The minimum atomic E-state index is 0.763. The first-order valence-corrected chi connectivity index (χ1v) is 6.85. The van der Waals surface area contributed by atoms with Crippen molar-refractivity contribution in [2.24, 2.45) is 5.92 Å². The summed E-state index contributed by atoms with van der Waals surface area (Å²) in [6, 6.07) is 10.4. The Morgan fingerprint density at radius 1 is 1.29 bits per heavy atom. The Hall–Kier alpha value is -1.09. The van der Waals surface area contributed by atoms with Crippen LogP contribution in [0.15, 0.2) is 34.9 Å². The molecule has 1 aromatic carbocycles. The molecule has 0 N–H and O–H groups in total. The van der Waals surface area contributed by atoms with Gasteiger partial charge in [-0.1, -0.05) is 37.3 Å². The van der Waals surface area contributed by atoms with Crippen molar-refractivity contribution in [1.29, 1.82) is 0 Å². The van der Waals surface area contributed by atoms with Gasteiger partial charge in [-0.2, -0.15) is 0 Å². The molecule has 0 bridgehead atoms. The molecule has 0 radical (unpaired) electrons. The second kappa shape index (κ2) is 4.30. The normalized spacial score (nSPS) is 19.1. The molecule has 17 heavy (non-hydrogen) atoms. The van der Waals surface area contributed by atoms with E-state index in [2.05, 4.69) is 56.7 Å². The lowest BCUT2D eigenvalue weighted by Crippen LogP contribution is -2.17. The molecule has 0 saturated carbocycles. The molecule has 0 fully saturated rings. The van der Waals surface area contributed by atoms with Gasteiger partial charge < -0.3 is 4.57 Å². The van der Waals surface area contributed by atoms with E-state index in [-0.39, 0.29) is 0 Å². The van der Waals surface area contributed by atoms with Crippen LogP contribution in [0.25, 0.3) is 11.4 Å². The van der Waals surface area contributed by atoms with Crippen LogP contribution >= 0.6 is 15.9 Å². The Balaban J connectivity index is 2.11. The molecule has 1 atom stereocenters. The first-order valence-electron chi connectivity index (χ1n) is 6.06. The highest BCUT2D eigenvalue weighted by Crippen LogP contribution is 2.31. The van der Waals surface area contributed by atoms with Gasteiger partial charge in [0.2, 0.25) is 0 Å². The molecule has 0 amide bonds. The van der Waals surface area contributed by atoms with Gasteiger partial charge in [-0.25, -0.2) is 4.98 Å². The fourth-order valence-corrected chi connectivity index (χ4v) is 3.03. The second-order valence-electron chi connectivity index (χ2n) is 4.79. The smallest absolute Gasteiger partial charge is 0.141 e. The molecule has 1 aromatic heterocycles. The molecule has 2 aromatic rings. The van der Waals surface area contributed by atoms with Crippen molar-refractivity contribution in [3.05, 3.63) is 40.6 Å². The van der Waals surface area contributed by atoms with E-state index >= 15 is 0 Å². The average molecular weight is 291 g/mol. The summed E-state index contributed by atoms with van der Waals surface area (Å²) < 4.78 is 3.38. The van der Waals surface area contributed by atoms with Crippen molar-refractivity contribution in [3.63, 3.8) is 0 Å². The molecule has 1 aliphatic heterocycles. The highest BCUT2D eigenvalue weighted by atomic mass is 79.9. The Labute approximate surface area is 110 Å². The van der Waals surface area contributed by atoms with Crippen LogP contribution in [0.2, 0.25) is 0 Å². The number of hydrogen-bond donors (Lipinski definition) is 0. The maximum atomic E-state index is 4.68. The number of rotatable bonds is 1. The van der Waals surface area contributed by atoms with Crippen LogP contribution in [-0.2, 0) is 13.0 Å². The van der Waals surface area contributed by atoms with E-state index in [1.165, 1.54) is 17.7 Å². The molecular weight excluding hydrogens is 276 g/mol. The largest absolute Gasteiger partial charge is 0.327 e. The number of hydrogen-bond acceptors (Lipinski definition) is 1. The summed E-state index contributed by atoms with van der Waals surface area (Å²) in [6.07, 6.45) is 2.37. The fraction of sp³-hybridized carbons (Fsp3) is 0.357. The van der Waals surface area contributed by atoms with E-state index in [0.717, 1.165) is 29.3 Å². The van der Waals surface area contributed by atoms with Gasteiger partial charge in [-0.15, -0.1) is 0 Å². The Morgan fingerprint density at radius 2 is 2.06 bits per heavy atom. The summed E-state index contributed by atoms with van der Waals surface area (Å²) >= 11 is 3.60. The lowest BCUT2D eigenvalue weighted by atomic mass is 9.98. The molecule has 1 unspecified atom stereocenters. The fourth-order valence-electron chi connectivity index (χ4n) is 2.48. The zero-order valence-corrected chi connectivity index (χ0v) is 11.4. The van der Waals surface area contributed by atoms with Gasteiger partial charge in [0.25, 0.3) is 0 Å². The van der Waals surface area contributed by atoms with Crippen LogP contribution in [0.4, 0.5) is 0 Å². The van der Waals surface area contributed by atoms with Gasteiger partial charge in [0.15, 0.2) is 0 Å². The number of aromatic nitrogens is 2. The molecular formula is C14H15BrN2. The molecule has 0 saturated heterocycles. The molecule has 2 nitrogen and oxygen atoms in total. The third kappa shape index (κ3) is 1.93. The molecule has 1 aliphatic rings. The Bertz CT molecular complexity index is 531. The van der Waals surface area contributed by atoms with Gasteiger partial charge >= 0.3 is 0 Å². The van der Waals surface area contributed by atoms with Crippen LogP contribution in [0.3, 0.4) is 0 Å². The van der Waals surface area contributed by atoms with Crippen molar-refractivity contribution in [3.8, 4) is 11.4 Å². The predicted octanol–water partition coefficient (Wildman–Crippen LogP) is 3.89. The minimum absolute atomic E-state index is 0.763. The van der Waals surface area contributed by atoms with Crippen LogP contribution in [0.5, 0.6) is 0 Å². The maximum absolute atomic E-state index is 4.68. The minimum Gasteiger partial charge on any atom is -0.327 e. The zero-order chi connectivity index (χ0) is 11.8. The molecule has 3 heteroatoms. The highest BCUT2D eigenvalue weighted by Gasteiger charge is 2.22. The lowest BCUT2D eigenvalue weighted by molar-refractivity contribution is 0.418. The van der Waals surface area contributed by atoms with Crippen molar-refractivity contribution in [2.45, 2.75) is 26.3 Å². The maximum Gasteiger partial charge on any atom is 0.141 e. The summed E-state index contributed by atoms with van der Waals surface area (Å²) in [5.41, 5.74) is 2.55. The Kier molecular flexibility index (Phi) is 2.79. The molecule has 2 heterocycles. The summed E-state index contributed by atoms with van der Waals surface area (Å²) in [6.45, 7) is 3.39. The van der Waals surface area contributed by atoms with Gasteiger partial charge in [0.1, 0.15) is 10.4 Å². The highest BCUT2D eigenvalue weighted by molar-refractivity contribution is 9.10. The van der Waals surface area contributed by atoms with Gasteiger partial charge in [-0.3, -0.25) is 0 Å². The number of nitrogens with zero attached hydrogens (tertiary/aromatic N) is 2. The van der Waals surface area contributed by atoms with Crippen LogP contribution in [-0.4, -0.2) is 9.55 Å². The van der Waals surface area contributed by atoms with E-state index in [1.807, 2.05) is 6.07 Å². The second-order valence-corrected chi connectivity index (χ2v) is 5.54. The van der Waals surface area contributed by atoms with Gasteiger partial charge in [0.05, 0.1) is 5.69 Å². The monoisotopic (exact) mass is 290 g/mol. The van der Waals surface area contributed by atoms with E-state index in [9.17, 15) is 0 Å². The summed E-state index contributed by atoms with van der Waals surface area (Å²) in [5.74, 6) is 1.86. The third-order valence-electron chi connectivity index (χ3n) is 3.44. The third-order valence-corrected chi connectivity index (χ3v) is 4.08. The molecule has 88 valence electrons. The average Bonchev–Trinajstić information content (AvgIpc) is 2.68.